The number of aliphatic hydroxyl groups excluding tert-OH is 1. The Hall–Kier alpha value is 0.870. The molecule has 66 valence electrons. The Morgan fingerprint density at radius 1 is 1.64 bits per heavy atom. The molecule has 0 aromatic rings. The molecule has 0 radical (unpaired) electrons. The van der Waals surface area contributed by atoms with Crippen molar-refractivity contribution in [3.63, 3.8) is 0 Å². The van der Waals surface area contributed by atoms with Crippen molar-refractivity contribution in [1.82, 2.24) is 5.32 Å². The number of halogens is 3. The summed E-state index contributed by atoms with van der Waals surface area (Å²) >= 11 is 9.21. The number of carbonyl (C=O) groups is 1. The highest BCUT2D eigenvalue weighted by Crippen LogP contribution is 2.35. The molecule has 6 heteroatoms. The van der Waals surface area contributed by atoms with Crippen LogP contribution in [-0.2, 0) is 4.79 Å². The molecule has 0 aromatic carbocycles. The number of rotatable bonds is 2. The van der Waals surface area contributed by atoms with Gasteiger partial charge in [0.1, 0.15) is 0 Å². The second-order valence-electron chi connectivity index (χ2n) is 1.87. The van der Waals surface area contributed by atoms with Crippen LogP contribution in [0.4, 0.5) is 0 Å². The number of hydrogen-bond donors (Lipinski definition) is 2. The first kappa shape index (κ1) is 11.9. The van der Waals surface area contributed by atoms with Gasteiger partial charge in [0.25, 0.3) is 0 Å². The molecule has 0 aliphatic carbocycles. The molecule has 0 rings (SSSR count). The fourth-order valence-electron chi connectivity index (χ4n) is 0.336. The Labute approximate surface area is 90.3 Å². The van der Waals surface area contributed by atoms with Gasteiger partial charge < -0.3 is 10.4 Å². The molecule has 0 heterocycles. The largest absolute Gasteiger partial charge is 0.370 e. The molecule has 0 aliphatic rings. The van der Waals surface area contributed by atoms with Gasteiger partial charge in [-0.05, 0) is 0 Å². The molecular formula is C5H8Br3NO2. The standard InChI is InChI=1S/C5H8Br3NO2/c1-2-3(10)9-4(11)5(6,7)8/h4,11H,2H2,1H3,(H,9,10)/t4-/m0/s1. The predicted octanol–water partition coefficient (Wildman–Crippen LogP) is 1.67. The summed E-state index contributed by atoms with van der Waals surface area (Å²) in [7, 11) is 0. The first-order valence-electron chi connectivity index (χ1n) is 2.92. The third-order valence-electron chi connectivity index (χ3n) is 0.929. The molecule has 2 N–H and O–H groups in total. The highest BCUT2D eigenvalue weighted by atomic mass is 80.0. The van der Waals surface area contributed by atoms with Crippen molar-refractivity contribution in [3.05, 3.63) is 0 Å². The zero-order chi connectivity index (χ0) is 9.07. The van der Waals surface area contributed by atoms with Gasteiger partial charge >= 0.3 is 0 Å². The van der Waals surface area contributed by atoms with Gasteiger partial charge in [-0.3, -0.25) is 4.79 Å². The van der Waals surface area contributed by atoms with Crippen molar-refractivity contribution in [2.45, 2.75) is 21.7 Å². The number of hydrogen-bond acceptors (Lipinski definition) is 2. The molecule has 0 fully saturated rings. The minimum atomic E-state index is -1.00. The number of aliphatic hydroxyl groups is 1. The van der Waals surface area contributed by atoms with Gasteiger partial charge in [-0.1, -0.05) is 54.7 Å². The Morgan fingerprint density at radius 2 is 2.09 bits per heavy atom. The molecule has 0 unspecified atom stereocenters. The van der Waals surface area contributed by atoms with Gasteiger partial charge in [0.15, 0.2) is 8.37 Å². The number of amides is 1. The van der Waals surface area contributed by atoms with Crippen LogP contribution in [0.5, 0.6) is 0 Å². The minimum absolute atomic E-state index is 0.208. The molecule has 0 spiro atoms. The lowest BCUT2D eigenvalue weighted by molar-refractivity contribution is -0.123. The summed E-state index contributed by atoms with van der Waals surface area (Å²) in [5.41, 5.74) is 0. The smallest absolute Gasteiger partial charge is 0.221 e. The van der Waals surface area contributed by atoms with Crippen LogP contribution in [-0.4, -0.2) is 19.4 Å². The second-order valence-corrected chi connectivity index (χ2v) is 8.81. The summed E-state index contributed by atoms with van der Waals surface area (Å²) in [5, 5.41) is 11.6. The van der Waals surface area contributed by atoms with Crippen LogP contribution >= 0.6 is 47.8 Å². The molecule has 0 saturated carbocycles. The van der Waals surface area contributed by atoms with Gasteiger partial charge in [0.2, 0.25) is 5.91 Å². The molecular weight excluding hydrogens is 346 g/mol. The van der Waals surface area contributed by atoms with E-state index < -0.39 is 8.37 Å². The van der Waals surface area contributed by atoms with Crippen molar-refractivity contribution >= 4 is 53.7 Å². The van der Waals surface area contributed by atoms with E-state index in [1.807, 2.05) is 0 Å². The zero-order valence-corrected chi connectivity index (χ0v) is 10.5. The fraction of sp³-hybridized carbons (Fsp3) is 0.800. The lowest BCUT2D eigenvalue weighted by Gasteiger charge is -2.20. The van der Waals surface area contributed by atoms with Gasteiger partial charge in [0, 0.05) is 6.42 Å². The van der Waals surface area contributed by atoms with E-state index in [9.17, 15) is 9.90 Å². The van der Waals surface area contributed by atoms with E-state index in [4.69, 9.17) is 0 Å². The fourth-order valence-corrected chi connectivity index (χ4v) is 0.680. The van der Waals surface area contributed by atoms with Gasteiger partial charge in [-0.2, -0.15) is 0 Å². The Bertz CT molecular complexity index is 145. The maximum absolute atomic E-state index is 10.7. The Morgan fingerprint density at radius 3 is 2.36 bits per heavy atom. The molecule has 0 aliphatic heterocycles. The van der Waals surface area contributed by atoms with Crippen molar-refractivity contribution in [2.24, 2.45) is 0 Å². The molecule has 3 nitrogen and oxygen atoms in total. The third kappa shape index (κ3) is 5.16. The van der Waals surface area contributed by atoms with Crippen LogP contribution in [0.25, 0.3) is 0 Å². The monoisotopic (exact) mass is 351 g/mol. The average molecular weight is 354 g/mol. The van der Waals surface area contributed by atoms with E-state index in [-0.39, 0.29) is 5.91 Å². The molecule has 0 aromatic heterocycles. The Balaban J connectivity index is 3.87. The second kappa shape index (κ2) is 4.79. The number of nitrogens with one attached hydrogen (secondary N) is 1. The van der Waals surface area contributed by atoms with Crippen molar-refractivity contribution in [2.75, 3.05) is 0 Å². The highest BCUT2D eigenvalue weighted by molar-refractivity contribution is 9.39. The first-order chi connectivity index (χ1) is 4.88. The third-order valence-corrected chi connectivity index (χ3v) is 2.23. The van der Waals surface area contributed by atoms with Crippen molar-refractivity contribution < 1.29 is 9.90 Å². The van der Waals surface area contributed by atoms with Crippen LogP contribution in [0.3, 0.4) is 0 Å². The van der Waals surface area contributed by atoms with Crippen LogP contribution in [0.1, 0.15) is 13.3 Å². The van der Waals surface area contributed by atoms with Crippen LogP contribution in [0, 0.1) is 0 Å². The van der Waals surface area contributed by atoms with E-state index in [1.54, 1.807) is 6.92 Å². The van der Waals surface area contributed by atoms with E-state index in [1.165, 1.54) is 0 Å². The summed E-state index contributed by atoms with van der Waals surface area (Å²) in [6.45, 7) is 1.71. The van der Waals surface area contributed by atoms with Crippen LogP contribution in [0.2, 0.25) is 0 Å². The highest BCUT2D eigenvalue weighted by Gasteiger charge is 2.29. The normalized spacial score (nSPS) is 14.3. The Kier molecular flexibility index (Phi) is 5.17. The molecule has 0 saturated heterocycles. The van der Waals surface area contributed by atoms with Crippen LogP contribution < -0.4 is 5.32 Å². The lowest BCUT2D eigenvalue weighted by atomic mass is 10.4. The maximum Gasteiger partial charge on any atom is 0.221 e. The molecule has 11 heavy (non-hydrogen) atoms. The van der Waals surface area contributed by atoms with E-state index in [0.717, 1.165) is 0 Å². The summed E-state index contributed by atoms with van der Waals surface area (Å²) < 4.78 is -0.849. The van der Waals surface area contributed by atoms with Crippen molar-refractivity contribution in [3.8, 4) is 0 Å². The zero-order valence-electron chi connectivity index (χ0n) is 5.77. The summed E-state index contributed by atoms with van der Waals surface area (Å²) in [6.07, 6.45) is -0.657. The van der Waals surface area contributed by atoms with E-state index >= 15 is 0 Å². The lowest BCUT2D eigenvalue weighted by Crippen LogP contribution is -2.42. The van der Waals surface area contributed by atoms with Crippen LogP contribution in [0.15, 0.2) is 0 Å². The van der Waals surface area contributed by atoms with E-state index in [0.29, 0.717) is 6.42 Å². The minimum Gasteiger partial charge on any atom is -0.370 e. The van der Waals surface area contributed by atoms with Gasteiger partial charge in [-0.25, -0.2) is 0 Å². The van der Waals surface area contributed by atoms with Gasteiger partial charge in [-0.15, -0.1) is 0 Å². The van der Waals surface area contributed by atoms with Crippen molar-refractivity contribution in [1.29, 1.82) is 0 Å². The quantitative estimate of drug-likeness (QED) is 0.586. The summed E-state index contributed by atoms with van der Waals surface area (Å²) in [6, 6.07) is 0. The molecule has 1 atom stereocenters. The SMILES string of the molecule is CCC(=O)N[C@@H](O)C(Br)(Br)Br. The average Bonchev–Trinajstić information content (AvgIpc) is 1.85. The molecule has 0 bridgehead atoms. The van der Waals surface area contributed by atoms with Gasteiger partial charge in [0.05, 0.1) is 0 Å². The number of alkyl halides is 3. The van der Waals surface area contributed by atoms with E-state index in [2.05, 4.69) is 53.1 Å². The summed E-state index contributed by atoms with van der Waals surface area (Å²) in [4.78, 5) is 10.7. The number of carbonyl (C=O) groups excluding carboxylic acids is 1. The molecule has 1 amide bonds. The topological polar surface area (TPSA) is 49.3 Å². The summed E-state index contributed by atoms with van der Waals surface area (Å²) in [5.74, 6) is -0.208. The first-order valence-corrected chi connectivity index (χ1v) is 5.30. The maximum atomic E-state index is 10.7. The predicted molar refractivity (Wildman–Crippen MR) is 54.0 cm³/mol.